The van der Waals surface area contributed by atoms with Crippen molar-refractivity contribution >= 4 is 17.8 Å². The summed E-state index contributed by atoms with van der Waals surface area (Å²) in [6, 6.07) is 13.7. The van der Waals surface area contributed by atoms with Gasteiger partial charge < -0.3 is 14.8 Å². The smallest absolute Gasteiger partial charge is 0.257 e. The van der Waals surface area contributed by atoms with E-state index >= 15 is 0 Å². The van der Waals surface area contributed by atoms with Gasteiger partial charge in [0.25, 0.3) is 5.91 Å². The second-order valence-electron chi connectivity index (χ2n) is 5.54. The molecule has 1 amide bonds. The number of rotatable bonds is 8. The Morgan fingerprint density at radius 2 is 2.00 bits per heavy atom. The molecule has 2 aromatic carbocycles. The minimum atomic E-state index is -0.214. The van der Waals surface area contributed by atoms with Crippen LogP contribution in [0.15, 0.2) is 48.5 Å². The van der Waals surface area contributed by atoms with E-state index in [0.29, 0.717) is 29.2 Å². The summed E-state index contributed by atoms with van der Waals surface area (Å²) in [6.45, 7) is 2.26. The number of nitrogens with one attached hydrogen (secondary N) is 1. The van der Waals surface area contributed by atoms with Gasteiger partial charge in [-0.2, -0.15) is 5.26 Å². The number of carbonyl (C=O) groups is 2. The van der Waals surface area contributed by atoms with Crippen LogP contribution in [0.25, 0.3) is 6.08 Å². The van der Waals surface area contributed by atoms with E-state index in [4.69, 9.17) is 14.7 Å². The van der Waals surface area contributed by atoms with Gasteiger partial charge >= 0.3 is 0 Å². The minimum absolute atomic E-state index is 0.104. The zero-order chi connectivity index (χ0) is 19.6. The summed E-state index contributed by atoms with van der Waals surface area (Å²) in [6.07, 6.45) is 3.08. The number of hydrogen-bond acceptors (Lipinski definition) is 5. The lowest BCUT2D eigenvalue weighted by atomic mass is 10.1. The fourth-order valence-corrected chi connectivity index (χ4v) is 2.31. The van der Waals surface area contributed by atoms with Crippen molar-refractivity contribution in [3.8, 4) is 17.6 Å². The van der Waals surface area contributed by atoms with Gasteiger partial charge in [-0.3, -0.25) is 9.59 Å². The van der Waals surface area contributed by atoms with Crippen LogP contribution in [-0.4, -0.2) is 32.0 Å². The van der Waals surface area contributed by atoms with Crippen molar-refractivity contribution in [1.82, 2.24) is 5.32 Å². The number of likely N-dealkylation sites (N-methyl/N-ethyl adjacent to an activating group) is 1. The molecule has 0 atom stereocenters. The van der Waals surface area contributed by atoms with Crippen molar-refractivity contribution in [3.05, 3.63) is 65.2 Å². The van der Waals surface area contributed by atoms with Crippen LogP contribution >= 0.6 is 0 Å². The molecule has 0 aliphatic rings. The lowest BCUT2D eigenvalue weighted by Gasteiger charge is -2.11. The van der Waals surface area contributed by atoms with E-state index in [2.05, 4.69) is 5.32 Å². The van der Waals surface area contributed by atoms with E-state index in [-0.39, 0.29) is 18.3 Å². The van der Waals surface area contributed by atoms with Gasteiger partial charge in [0, 0.05) is 12.1 Å². The molecule has 2 rings (SSSR count). The number of amides is 1. The van der Waals surface area contributed by atoms with Crippen LogP contribution in [0.4, 0.5) is 0 Å². The Bertz CT molecular complexity index is 897. The number of hydrogen-bond donors (Lipinski definition) is 1. The maximum absolute atomic E-state index is 12.2. The molecule has 0 radical (unpaired) electrons. The molecule has 0 aromatic heterocycles. The molecule has 0 saturated carbocycles. The highest BCUT2D eigenvalue weighted by atomic mass is 16.5. The van der Waals surface area contributed by atoms with Crippen LogP contribution in [0.2, 0.25) is 0 Å². The average molecular weight is 364 g/mol. The van der Waals surface area contributed by atoms with Crippen molar-refractivity contribution in [2.75, 3.05) is 20.3 Å². The molecule has 0 aliphatic heterocycles. The Morgan fingerprint density at radius 1 is 1.19 bits per heavy atom. The summed E-state index contributed by atoms with van der Waals surface area (Å²) in [7, 11) is 1.50. The Morgan fingerprint density at radius 3 is 2.70 bits per heavy atom. The zero-order valence-electron chi connectivity index (χ0n) is 15.2. The van der Waals surface area contributed by atoms with Gasteiger partial charge in [-0.1, -0.05) is 24.3 Å². The molecule has 1 N–H and O–H groups in total. The van der Waals surface area contributed by atoms with Gasteiger partial charge in [0.05, 0.1) is 18.7 Å². The fraction of sp³-hybridized carbons (Fsp3) is 0.190. The lowest BCUT2D eigenvalue weighted by molar-refractivity contribution is -0.123. The van der Waals surface area contributed by atoms with Gasteiger partial charge in [0.15, 0.2) is 23.9 Å². The first-order chi connectivity index (χ1) is 13.1. The van der Waals surface area contributed by atoms with Gasteiger partial charge in [-0.15, -0.1) is 0 Å². The van der Waals surface area contributed by atoms with Crippen LogP contribution in [0, 0.1) is 11.3 Å². The maximum atomic E-state index is 12.2. The number of benzene rings is 2. The van der Waals surface area contributed by atoms with Crippen LogP contribution in [-0.2, 0) is 4.79 Å². The van der Waals surface area contributed by atoms with Crippen LogP contribution in [0.5, 0.6) is 11.5 Å². The molecular weight excluding hydrogens is 344 g/mol. The highest BCUT2D eigenvalue weighted by Gasteiger charge is 2.08. The molecule has 27 heavy (non-hydrogen) atoms. The van der Waals surface area contributed by atoms with E-state index in [9.17, 15) is 9.59 Å². The Balaban J connectivity index is 2.10. The number of ketones is 1. The number of nitriles is 1. The van der Waals surface area contributed by atoms with Gasteiger partial charge in [0.1, 0.15) is 0 Å². The third-order valence-electron chi connectivity index (χ3n) is 3.62. The van der Waals surface area contributed by atoms with E-state index in [1.165, 1.54) is 13.2 Å². The first kappa shape index (κ1) is 19.7. The molecule has 6 nitrogen and oxygen atoms in total. The van der Waals surface area contributed by atoms with Crippen LogP contribution in [0.3, 0.4) is 0 Å². The van der Waals surface area contributed by atoms with Crippen molar-refractivity contribution in [3.63, 3.8) is 0 Å². The van der Waals surface area contributed by atoms with Crippen molar-refractivity contribution in [1.29, 1.82) is 5.26 Å². The number of carbonyl (C=O) groups excluding carboxylic acids is 2. The molecular formula is C21H20N2O4. The molecule has 0 fully saturated rings. The summed E-state index contributed by atoms with van der Waals surface area (Å²) < 4.78 is 10.7. The van der Waals surface area contributed by atoms with Crippen LogP contribution < -0.4 is 14.8 Å². The first-order valence-corrected chi connectivity index (χ1v) is 8.37. The Kier molecular flexibility index (Phi) is 7.15. The first-order valence-electron chi connectivity index (χ1n) is 8.37. The zero-order valence-corrected chi connectivity index (χ0v) is 15.2. The third-order valence-corrected chi connectivity index (χ3v) is 3.62. The fourth-order valence-electron chi connectivity index (χ4n) is 2.31. The van der Waals surface area contributed by atoms with Crippen molar-refractivity contribution in [2.24, 2.45) is 0 Å². The topological polar surface area (TPSA) is 88.4 Å². The molecule has 6 heteroatoms. The molecule has 0 aliphatic carbocycles. The molecule has 0 spiro atoms. The van der Waals surface area contributed by atoms with E-state index < -0.39 is 0 Å². The Hall–Kier alpha value is -3.59. The summed E-state index contributed by atoms with van der Waals surface area (Å²) in [4.78, 5) is 23.7. The predicted molar refractivity (Wildman–Crippen MR) is 102 cm³/mol. The summed E-state index contributed by atoms with van der Waals surface area (Å²) in [5.41, 5.74) is 1.62. The second kappa shape index (κ2) is 9.78. The normalized spacial score (nSPS) is 10.3. The van der Waals surface area contributed by atoms with E-state index in [1.54, 1.807) is 48.5 Å². The second-order valence-corrected chi connectivity index (χ2v) is 5.54. The lowest BCUT2D eigenvalue weighted by Crippen LogP contribution is -2.28. The molecule has 0 heterocycles. The SMILES string of the molecule is CCNC(=O)COc1ccc(/C=C/C(=O)c2cccc(C#N)c2)cc1OC. The van der Waals surface area contributed by atoms with Gasteiger partial charge in [-0.25, -0.2) is 0 Å². The standard InChI is InChI=1S/C21H20N2O4/c1-3-23-21(25)14-27-19-10-8-15(12-20(19)26-2)7-9-18(24)17-6-4-5-16(11-17)13-22/h4-12H,3,14H2,1-2H3,(H,23,25)/b9-7+. The Labute approximate surface area is 158 Å². The number of nitrogens with zero attached hydrogens (tertiary/aromatic N) is 1. The minimum Gasteiger partial charge on any atom is -0.493 e. The molecule has 0 saturated heterocycles. The van der Waals surface area contributed by atoms with Crippen molar-refractivity contribution < 1.29 is 19.1 Å². The average Bonchev–Trinajstić information content (AvgIpc) is 2.70. The summed E-state index contributed by atoms with van der Waals surface area (Å²) in [5, 5.41) is 11.6. The van der Waals surface area contributed by atoms with E-state index in [1.807, 2.05) is 13.0 Å². The highest BCUT2D eigenvalue weighted by molar-refractivity contribution is 6.07. The largest absolute Gasteiger partial charge is 0.493 e. The maximum Gasteiger partial charge on any atom is 0.257 e. The molecule has 0 bridgehead atoms. The van der Waals surface area contributed by atoms with Crippen molar-refractivity contribution in [2.45, 2.75) is 6.92 Å². The third kappa shape index (κ3) is 5.72. The van der Waals surface area contributed by atoms with E-state index in [0.717, 1.165) is 5.56 Å². The molecule has 0 unspecified atom stereocenters. The molecule has 138 valence electrons. The monoisotopic (exact) mass is 364 g/mol. The predicted octanol–water partition coefficient (Wildman–Crippen LogP) is 2.98. The van der Waals surface area contributed by atoms with Gasteiger partial charge in [0.2, 0.25) is 0 Å². The number of ether oxygens (including phenoxy) is 2. The van der Waals surface area contributed by atoms with Gasteiger partial charge in [-0.05, 0) is 42.8 Å². The molecule has 2 aromatic rings. The summed E-state index contributed by atoms with van der Waals surface area (Å²) in [5.74, 6) is 0.477. The highest BCUT2D eigenvalue weighted by Crippen LogP contribution is 2.28. The summed E-state index contributed by atoms with van der Waals surface area (Å²) >= 11 is 0. The number of allylic oxidation sites excluding steroid dienone is 1. The van der Waals surface area contributed by atoms with Crippen LogP contribution in [0.1, 0.15) is 28.4 Å². The quantitative estimate of drug-likeness (QED) is 0.575. The number of methoxy groups -OCH3 is 1.